The number of nitrogens with zero attached hydrogens (tertiary/aromatic N) is 1. The Morgan fingerprint density at radius 3 is 1.94 bits per heavy atom. The molecule has 3 aromatic carbocycles. The summed E-state index contributed by atoms with van der Waals surface area (Å²) in [4.78, 5) is 16.1. The largest absolute Gasteiger partial charge is 0.478 e. The average molecular weight is 469 g/mol. The molecule has 8 heteroatoms. The number of carboxylic acid groups (broad SMARTS) is 1. The Morgan fingerprint density at radius 1 is 0.906 bits per heavy atom. The molecular weight excluding hydrogens is 448 g/mol. The highest BCUT2D eigenvalue weighted by Crippen LogP contribution is 2.21. The fourth-order valence-corrected chi connectivity index (χ4v) is 3.69. The second-order valence-electron chi connectivity index (χ2n) is 6.96. The highest BCUT2D eigenvalue weighted by molar-refractivity contribution is 7.90. The minimum absolute atomic E-state index is 0.168. The number of aliphatic imine (C=N–C) groups is 1. The lowest BCUT2D eigenvalue weighted by molar-refractivity contribution is 0.0697. The van der Waals surface area contributed by atoms with E-state index in [9.17, 15) is 18.3 Å². The molecule has 0 aliphatic carbocycles. The molecule has 3 aromatic rings. The predicted octanol–water partition coefficient (Wildman–Crippen LogP) is 4.82. The van der Waals surface area contributed by atoms with Gasteiger partial charge in [0, 0.05) is 29.6 Å². The number of carboxylic acids is 1. The number of sulfone groups is 1. The van der Waals surface area contributed by atoms with Crippen molar-refractivity contribution < 1.29 is 18.3 Å². The summed E-state index contributed by atoms with van der Waals surface area (Å²) in [5.41, 5.74) is 3.64. The first kappa shape index (κ1) is 23.2. The Hall–Kier alpha value is -3.42. The normalized spacial score (nSPS) is 12.5. The van der Waals surface area contributed by atoms with Crippen LogP contribution in [0.4, 0.5) is 5.69 Å². The molecule has 2 N–H and O–H groups in total. The van der Waals surface area contributed by atoms with Crippen LogP contribution in [0.5, 0.6) is 0 Å². The predicted molar refractivity (Wildman–Crippen MR) is 128 cm³/mol. The topological polar surface area (TPSA) is 95.8 Å². The summed E-state index contributed by atoms with van der Waals surface area (Å²) in [5.74, 6) is -1.01. The molecule has 0 saturated heterocycles. The van der Waals surface area contributed by atoms with E-state index in [0.29, 0.717) is 22.0 Å². The van der Waals surface area contributed by atoms with E-state index in [4.69, 9.17) is 11.6 Å². The van der Waals surface area contributed by atoms with Crippen molar-refractivity contribution in [1.82, 2.24) is 5.32 Å². The summed E-state index contributed by atoms with van der Waals surface area (Å²) in [6, 6.07) is 19.9. The van der Waals surface area contributed by atoms with Crippen LogP contribution < -0.4 is 5.32 Å². The molecule has 0 aromatic heterocycles. The molecule has 0 spiro atoms. The van der Waals surface area contributed by atoms with Gasteiger partial charge in [0.2, 0.25) is 0 Å². The molecule has 0 aliphatic rings. The molecule has 0 radical (unpaired) electrons. The zero-order valence-corrected chi connectivity index (χ0v) is 19.0. The minimum Gasteiger partial charge on any atom is -0.478 e. The lowest BCUT2D eigenvalue weighted by Crippen LogP contribution is -2.08. The zero-order chi connectivity index (χ0) is 23.3. The quantitative estimate of drug-likeness (QED) is 0.484. The Balaban J connectivity index is 2.11. The first-order chi connectivity index (χ1) is 15.2. The zero-order valence-electron chi connectivity index (χ0n) is 17.4. The highest BCUT2D eigenvalue weighted by Gasteiger charge is 2.10. The van der Waals surface area contributed by atoms with E-state index < -0.39 is 15.8 Å². The van der Waals surface area contributed by atoms with Crippen LogP contribution in [-0.2, 0) is 9.84 Å². The van der Waals surface area contributed by atoms with Crippen molar-refractivity contribution in [3.63, 3.8) is 0 Å². The van der Waals surface area contributed by atoms with E-state index in [1.54, 1.807) is 43.4 Å². The summed E-state index contributed by atoms with van der Waals surface area (Å²) < 4.78 is 23.5. The SMILES string of the molecule is CN/C(=C\C(=N\c1ccc(S(C)(=O)=O)cc1)c1ccc(C(=O)O)cc1)c1ccc(Cl)cc1. The number of hydrogen-bond acceptors (Lipinski definition) is 5. The maximum atomic E-state index is 11.7. The monoisotopic (exact) mass is 468 g/mol. The van der Waals surface area contributed by atoms with Gasteiger partial charge in [-0.25, -0.2) is 18.2 Å². The molecule has 6 nitrogen and oxygen atoms in total. The minimum atomic E-state index is -3.31. The lowest BCUT2D eigenvalue weighted by Gasteiger charge is -2.10. The van der Waals surface area contributed by atoms with E-state index in [-0.39, 0.29) is 10.5 Å². The van der Waals surface area contributed by atoms with Crippen molar-refractivity contribution in [2.75, 3.05) is 13.3 Å². The van der Waals surface area contributed by atoms with Gasteiger partial charge in [0.05, 0.1) is 21.9 Å². The summed E-state index contributed by atoms with van der Waals surface area (Å²) in [6.07, 6.45) is 2.98. The van der Waals surface area contributed by atoms with Crippen LogP contribution >= 0.6 is 11.6 Å². The second kappa shape index (κ2) is 9.80. The van der Waals surface area contributed by atoms with E-state index in [2.05, 4.69) is 10.3 Å². The molecule has 0 atom stereocenters. The first-order valence-electron chi connectivity index (χ1n) is 9.55. The van der Waals surface area contributed by atoms with Crippen molar-refractivity contribution >= 4 is 44.5 Å². The van der Waals surface area contributed by atoms with Crippen LogP contribution in [-0.4, -0.2) is 38.5 Å². The molecule has 0 amide bonds. The van der Waals surface area contributed by atoms with E-state index in [1.165, 1.54) is 24.3 Å². The van der Waals surface area contributed by atoms with Crippen LogP contribution in [0.1, 0.15) is 21.5 Å². The number of allylic oxidation sites excluding steroid dienone is 1. The van der Waals surface area contributed by atoms with Crippen molar-refractivity contribution in [3.8, 4) is 0 Å². The maximum Gasteiger partial charge on any atom is 0.335 e. The van der Waals surface area contributed by atoms with Crippen LogP contribution in [0.2, 0.25) is 5.02 Å². The third-order valence-electron chi connectivity index (χ3n) is 4.65. The Bertz CT molecular complexity index is 1280. The second-order valence-corrected chi connectivity index (χ2v) is 9.41. The van der Waals surface area contributed by atoms with Gasteiger partial charge in [0.15, 0.2) is 9.84 Å². The van der Waals surface area contributed by atoms with Crippen LogP contribution in [0.3, 0.4) is 0 Å². The molecule has 0 aliphatic heterocycles. The molecule has 0 fully saturated rings. The summed E-state index contributed by atoms with van der Waals surface area (Å²) in [7, 11) is -1.53. The summed E-state index contributed by atoms with van der Waals surface area (Å²) in [5, 5.41) is 12.9. The molecule has 0 saturated carbocycles. The van der Waals surface area contributed by atoms with E-state index in [1.807, 2.05) is 18.2 Å². The van der Waals surface area contributed by atoms with Gasteiger partial charge in [-0.2, -0.15) is 0 Å². The Morgan fingerprint density at radius 2 is 1.44 bits per heavy atom. The smallest absolute Gasteiger partial charge is 0.335 e. The number of rotatable bonds is 7. The number of hydrogen-bond donors (Lipinski definition) is 2. The van der Waals surface area contributed by atoms with Crippen molar-refractivity contribution in [3.05, 3.63) is 101 Å². The summed E-state index contributed by atoms with van der Waals surface area (Å²) >= 11 is 6.00. The number of aromatic carboxylic acids is 1. The van der Waals surface area contributed by atoms with Gasteiger partial charge in [-0.1, -0.05) is 35.9 Å². The van der Waals surface area contributed by atoms with Gasteiger partial charge in [-0.15, -0.1) is 0 Å². The number of benzene rings is 3. The van der Waals surface area contributed by atoms with Gasteiger partial charge in [-0.3, -0.25) is 0 Å². The fourth-order valence-electron chi connectivity index (χ4n) is 2.94. The van der Waals surface area contributed by atoms with Crippen LogP contribution in [0.25, 0.3) is 5.70 Å². The molecule has 0 bridgehead atoms. The molecule has 0 unspecified atom stereocenters. The summed E-state index contributed by atoms with van der Waals surface area (Å²) in [6.45, 7) is 0. The number of nitrogens with one attached hydrogen (secondary N) is 1. The standard InChI is InChI=1S/C24H21ClN2O4S/c1-26-22(16-7-9-19(25)10-8-16)15-23(17-3-5-18(6-4-17)24(28)29)27-20-11-13-21(14-12-20)32(2,30)31/h3-15,26H,1-2H3,(H,28,29)/b22-15-,27-23-. The van der Waals surface area contributed by atoms with Gasteiger partial charge < -0.3 is 10.4 Å². The number of carbonyl (C=O) groups is 1. The van der Waals surface area contributed by atoms with Crippen LogP contribution in [0.15, 0.2) is 88.8 Å². The fraction of sp³-hybridized carbons (Fsp3) is 0.0833. The first-order valence-corrected chi connectivity index (χ1v) is 11.8. The third-order valence-corrected chi connectivity index (χ3v) is 6.03. The maximum absolute atomic E-state index is 11.7. The number of halogens is 1. The third kappa shape index (κ3) is 5.84. The molecular formula is C24H21ClN2O4S. The molecule has 164 valence electrons. The Kier molecular flexibility index (Phi) is 7.12. The van der Waals surface area contributed by atoms with Crippen molar-refractivity contribution in [2.45, 2.75) is 4.90 Å². The van der Waals surface area contributed by atoms with E-state index in [0.717, 1.165) is 17.5 Å². The molecule has 0 heterocycles. The molecule has 3 rings (SSSR count). The van der Waals surface area contributed by atoms with E-state index >= 15 is 0 Å². The van der Waals surface area contributed by atoms with Crippen molar-refractivity contribution in [2.24, 2.45) is 4.99 Å². The van der Waals surface area contributed by atoms with Gasteiger partial charge >= 0.3 is 5.97 Å². The molecule has 32 heavy (non-hydrogen) atoms. The highest BCUT2D eigenvalue weighted by atomic mass is 35.5. The van der Waals surface area contributed by atoms with Crippen molar-refractivity contribution in [1.29, 1.82) is 0 Å². The van der Waals surface area contributed by atoms with Gasteiger partial charge in [-0.05, 0) is 60.2 Å². The Labute approximate surface area is 191 Å². The van der Waals surface area contributed by atoms with Crippen LogP contribution in [0, 0.1) is 0 Å². The average Bonchev–Trinajstić information content (AvgIpc) is 2.77. The van der Waals surface area contributed by atoms with Gasteiger partial charge in [0.1, 0.15) is 0 Å². The van der Waals surface area contributed by atoms with Gasteiger partial charge in [0.25, 0.3) is 0 Å². The lowest BCUT2D eigenvalue weighted by atomic mass is 10.0.